The van der Waals surface area contributed by atoms with E-state index in [2.05, 4.69) is 28.1 Å². The van der Waals surface area contributed by atoms with Crippen molar-refractivity contribution in [2.45, 2.75) is 19.3 Å². The molecule has 0 spiro atoms. The molecule has 1 aromatic rings. The maximum Gasteiger partial charge on any atom is 0.289 e. The first-order valence-corrected chi connectivity index (χ1v) is 6.61. The number of amides is 1. The summed E-state index contributed by atoms with van der Waals surface area (Å²) in [5.41, 5.74) is 2.55. The number of hydrogen-bond donors (Lipinski definition) is 0. The molecule has 1 amide bonds. The number of ether oxygens (including phenoxy) is 1. The number of carbonyl (C=O) groups excluding carboxylic acids is 1. The van der Waals surface area contributed by atoms with E-state index in [9.17, 15) is 4.79 Å². The Kier molecular flexibility index (Phi) is 4.05. The van der Waals surface area contributed by atoms with Crippen LogP contribution in [-0.4, -0.2) is 29.9 Å². The van der Waals surface area contributed by atoms with Gasteiger partial charge < -0.3 is 9.64 Å². The molecule has 1 heterocycles. The standard InChI is InChI=1S/C13H16BrNO2/c1-15(13(14)16)7-6-10-4-5-12-11(9-10)3-2-8-17-12/h4-5,9H,2-3,6-8H2,1H3. The van der Waals surface area contributed by atoms with Crippen LogP contribution in [0.1, 0.15) is 17.5 Å². The molecule has 0 aromatic heterocycles. The summed E-state index contributed by atoms with van der Waals surface area (Å²) >= 11 is 2.94. The van der Waals surface area contributed by atoms with Crippen LogP contribution in [0.5, 0.6) is 5.75 Å². The summed E-state index contributed by atoms with van der Waals surface area (Å²) in [6.45, 7) is 1.55. The van der Waals surface area contributed by atoms with Gasteiger partial charge in [-0.3, -0.25) is 4.79 Å². The van der Waals surface area contributed by atoms with E-state index in [4.69, 9.17) is 4.74 Å². The summed E-state index contributed by atoms with van der Waals surface area (Å²) in [7, 11) is 1.79. The number of benzene rings is 1. The minimum atomic E-state index is -0.0706. The quantitative estimate of drug-likeness (QED) is 0.634. The Hall–Kier alpha value is -1.03. The van der Waals surface area contributed by atoms with Crippen LogP contribution >= 0.6 is 15.9 Å². The van der Waals surface area contributed by atoms with Crippen molar-refractivity contribution >= 4 is 20.7 Å². The molecule has 0 radical (unpaired) electrons. The molecular weight excluding hydrogens is 282 g/mol. The topological polar surface area (TPSA) is 29.5 Å². The van der Waals surface area contributed by atoms with Crippen LogP contribution in [0.2, 0.25) is 0 Å². The van der Waals surface area contributed by atoms with Gasteiger partial charge in [0.05, 0.1) is 6.61 Å². The highest BCUT2D eigenvalue weighted by Gasteiger charge is 2.11. The monoisotopic (exact) mass is 297 g/mol. The second kappa shape index (κ2) is 5.54. The molecule has 1 aliphatic rings. The second-order valence-electron chi connectivity index (χ2n) is 4.32. The van der Waals surface area contributed by atoms with Crippen LogP contribution in [0.15, 0.2) is 18.2 Å². The third-order valence-electron chi connectivity index (χ3n) is 3.01. The maximum absolute atomic E-state index is 11.0. The van der Waals surface area contributed by atoms with Gasteiger partial charge >= 0.3 is 0 Å². The van der Waals surface area contributed by atoms with E-state index in [0.29, 0.717) is 0 Å². The first kappa shape index (κ1) is 12.4. The van der Waals surface area contributed by atoms with Gasteiger partial charge in [-0.25, -0.2) is 0 Å². The number of rotatable bonds is 3. The van der Waals surface area contributed by atoms with Gasteiger partial charge in [0.15, 0.2) is 0 Å². The van der Waals surface area contributed by atoms with Gasteiger partial charge in [0, 0.05) is 29.5 Å². The van der Waals surface area contributed by atoms with Gasteiger partial charge in [-0.05, 0) is 36.5 Å². The van der Waals surface area contributed by atoms with Crippen molar-refractivity contribution in [3.63, 3.8) is 0 Å². The van der Waals surface area contributed by atoms with Crippen LogP contribution in [-0.2, 0) is 12.8 Å². The molecule has 92 valence electrons. The van der Waals surface area contributed by atoms with E-state index < -0.39 is 0 Å². The zero-order valence-corrected chi connectivity index (χ0v) is 11.5. The summed E-state index contributed by atoms with van der Waals surface area (Å²) in [6.07, 6.45) is 3.06. The minimum Gasteiger partial charge on any atom is -0.493 e. The summed E-state index contributed by atoms with van der Waals surface area (Å²) in [5.74, 6) is 1.02. The Morgan fingerprint density at radius 3 is 3.12 bits per heavy atom. The fourth-order valence-electron chi connectivity index (χ4n) is 1.95. The Bertz CT molecular complexity index is 420. The van der Waals surface area contributed by atoms with E-state index in [-0.39, 0.29) is 4.82 Å². The highest BCUT2D eigenvalue weighted by Crippen LogP contribution is 2.25. The molecule has 3 nitrogen and oxygen atoms in total. The highest BCUT2D eigenvalue weighted by molar-refractivity contribution is 9.18. The average molecular weight is 298 g/mol. The molecule has 0 fully saturated rings. The van der Waals surface area contributed by atoms with E-state index in [1.54, 1.807) is 11.9 Å². The summed E-state index contributed by atoms with van der Waals surface area (Å²) in [6, 6.07) is 6.32. The molecular formula is C13H16BrNO2. The number of nitrogens with zero attached hydrogens (tertiary/aromatic N) is 1. The number of likely N-dealkylation sites (N-methyl/N-ethyl adjacent to an activating group) is 1. The molecule has 1 aromatic carbocycles. The van der Waals surface area contributed by atoms with Crippen LogP contribution in [0.25, 0.3) is 0 Å². The predicted octanol–water partition coefficient (Wildman–Crippen LogP) is 3.00. The molecule has 17 heavy (non-hydrogen) atoms. The molecule has 0 atom stereocenters. The number of fused-ring (bicyclic) bond motifs is 1. The number of hydrogen-bond acceptors (Lipinski definition) is 2. The summed E-state index contributed by atoms with van der Waals surface area (Å²) in [4.78, 5) is 12.6. The fourth-order valence-corrected chi connectivity index (χ4v) is 2.13. The molecule has 1 aliphatic heterocycles. The zero-order chi connectivity index (χ0) is 12.3. The Labute approximate surface area is 110 Å². The smallest absolute Gasteiger partial charge is 0.289 e. The van der Waals surface area contributed by atoms with E-state index in [0.717, 1.165) is 38.2 Å². The van der Waals surface area contributed by atoms with Crippen molar-refractivity contribution in [2.75, 3.05) is 20.2 Å². The first-order valence-electron chi connectivity index (χ1n) is 5.82. The van der Waals surface area contributed by atoms with Gasteiger partial charge in [-0.1, -0.05) is 12.1 Å². The Morgan fingerprint density at radius 2 is 2.35 bits per heavy atom. The van der Waals surface area contributed by atoms with Crippen molar-refractivity contribution < 1.29 is 9.53 Å². The molecule has 0 unspecified atom stereocenters. The normalized spacial score (nSPS) is 13.8. The van der Waals surface area contributed by atoms with Crippen molar-refractivity contribution in [1.82, 2.24) is 4.90 Å². The van der Waals surface area contributed by atoms with E-state index in [1.807, 2.05) is 6.07 Å². The van der Waals surface area contributed by atoms with Crippen LogP contribution in [0.3, 0.4) is 0 Å². The largest absolute Gasteiger partial charge is 0.493 e. The van der Waals surface area contributed by atoms with E-state index in [1.165, 1.54) is 11.1 Å². The van der Waals surface area contributed by atoms with Crippen molar-refractivity contribution in [3.05, 3.63) is 29.3 Å². The van der Waals surface area contributed by atoms with E-state index >= 15 is 0 Å². The number of aryl methyl sites for hydroxylation is 1. The lowest BCUT2D eigenvalue weighted by Gasteiger charge is -2.18. The summed E-state index contributed by atoms with van der Waals surface area (Å²) in [5, 5.41) is 0. The Morgan fingerprint density at radius 1 is 1.53 bits per heavy atom. The lowest BCUT2D eigenvalue weighted by molar-refractivity contribution is 0.235. The van der Waals surface area contributed by atoms with Crippen LogP contribution in [0.4, 0.5) is 4.79 Å². The molecule has 0 saturated heterocycles. The SMILES string of the molecule is CN(CCc1ccc2c(c1)CCCO2)C(=O)Br. The second-order valence-corrected chi connectivity index (χ2v) is 5.00. The van der Waals surface area contributed by atoms with Gasteiger partial charge in [0.25, 0.3) is 4.82 Å². The Balaban J connectivity index is 2.00. The first-order chi connectivity index (χ1) is 8.16. The fraction of sp³-hybridized carbons (Fsp3) is 0.462. The third kappa shape index (κ3) is 3.22. The highest BCUT2D eigenvalue weighted by atomic mass is 79.9. The molecule has 2 rings (SSSR count). The lowest BCUT2D eigenvalue weighted by Crippen LogP contribution is -2.23. The van der Waals surface area contributed by atoms with Gasteiger partial charge in [0.2, 0.25) is 0 Å². The van der Waals surface area contributed by atoms with Crippen LogP contribution in [0, 0.1) is 0 Å². The summed E-state index contributed by atoms with van der Waals surface area (Å²) < 4.78 is 5.57. The van der Waals surface area contributed by atoms with Crippen molar-refractivity contribution in [1.29, 1.82) is 0 Å². The third-order valence-corrected chi connectivity index (χ3v) is 3.61. The molecule has 0 aliphatic carbocycles. The zero-order valence-electron chi connectivity index (χ0n) is 9.91. The van der Waals surface area contributed by atoms with Gasteiger partial charge in [0.1, 0.15) is 5.75 Å². The molecule has 0 bridgehead atoms. The maximum atomic E-state index is 11.0. The molecule has 4 heteroatoms. The van der Waals surface area contributed by atoms with Crippen molar-refractivity contribution in [3.8, 4) is 5.75 Å². The number of halogens is 1. The lowest BCUT2D eigenvalue weighted by atomic mass is 10.0. The van der Waals surface area contributed by atoms with Gasteiger partial charge in [-0.15, -0.1) is 0 Å². The van der Waals surface area contributed by atoms with Crippen molar-refractivity contribution in [2.24, 2.45) is 0 Å². The average Bonchev–Trinajstić information content (AvgIpc) is 2.35. The van der Waals surface area contributed by atoms with Crippen LogP contribution < -0.4 is 4.74 Å². The number of carbonyl (C=O) groups is 1. The van der Waals surface area contributed by atoms with Gasteiger partial charge in [-0.2, -0.15) is 0 Å². The molecule has 0 saturated carbocycles. The molecule has 0 N–H and O–H groups in total. The minimum absolute atomic E-state index is 0.0706. The predicted molar refractivity (Wildman–Crippen MR) is 70.9 cm³/mol.